The van der Waals surface area contributed by atoms with Crippen molar-refractivity contribution in [1.29, 1.82) is 0 Å². The molecule has 0 aromatic carbocycles. The fraction of sp³-hybridized carbons (Fsp3) is 1.00. The third-order valence-corrected chi connectivity index (χ3v) is 4.96. The summed E-state index contributed by atoms with van der Waals surface area (Å²) in [6.07, 6.45) is 6.87. The minimum absolute atomic E-state index is 0.712. The van der Waals surface area contributed by atoms with E-state index in [0.717, 1.165) is 24.4 Å². The Kier molecular flexibility index (Phi) is 7.25. The normalized spacial score (nSPS) is 26.8. The number of rotatable bonds is 7. The summed E-state index contributed by atoms with van der Waals surface area (Å²) in [4.78, 5) is 2.47. The number of hydrogen-bond acceptors (Lipinski definition) is 2. The maximum Gasteiger partial charge on any atom is 0.0107 e. The smallest absolute Gasteiger partial charge is 0.0107 e. The van der Waals surface area contributed by atoms with Gasteiger partial charge >= 0.3 is 0 Å². The van der Waals surface area contributed by atoms with E-state index >= 15 is 0 Å². The van der Waals surface area contributed by atoms with Crippen molar-refractivity contribution in [2.24, 2.45) is 11.8 Å². The van der Waals surface area contributed by atoms with E-state index in [9.17, 15) is 0 Å². The second kappa shape index (κ2) is 8.16. The molecule has 1 saturated carbocycles. The quantitative estimate of drug-likeness (QED) is 0.748. The van der Waals surface area contributed by atoms with Gasteiger partial charge in [0, 0.05) is 25.2 Å². The molecule has 1 fully saturated rings. The highest BCUT2D eigenvalue weighted by atomic mass is 15.1. The van der Waals surface area contributed by atoms with Gasteiger partial charge in [-0.2, -0.15) is 0 Å². The molecular formula is C16H34N2. The topological polar surface area (TPSA) is 15.3 Å². The van der Waals surface area contributed by atoms with E-state index in [2.05, 4.69) is 45.0 Å². The molecule has 0 radical (unpaired) electrons. The molecular weight excluding hydrogens is 220 g/mol. The molecule has 108 valence electrons. The Morgan fingerprint density at radius 3 is 2.22 bits per heavy atom. The van der Waals surface area contributed by atoms with E-state index in [4.69, 9.17) is 0 Å². The van der Waals surface area contributed by atoms with E-state index in [1.54, 1.807) is 0 Å². The summed E-state index contributed by atoms with van der Waals surface area (Å²) in [5, 5.41) is 3.75. The Bertz CT molecular complexity index is 207. The molecule has 0 heterocycles. The van der Waals surface area contributed by atoms with E-state index in [0.29, 0.717) is 6.04 Å². The zero-order valence-corrected chi connectivity index (χ0v) is 13.2. The van der Waals surface area contributed by atoms with Crippen LogP contribution in [0.15, 0.2) is 0 Å². The Labute approximate surface area is 115 Å². The lowest BCUT2D eigenvalue weighted by molar-refractivity contribution is 0.219. The molecule has 0 aromatic heterocycles. The number of nitrogens with zero attached hydrogens (tertiary/aromatic N) is 1. The molecule has 1 rings (SSSR count). The van der Waals surface area contributed by atoms with Crippen LogP contribution in [0.3, 0.4) is 0 Å². The zero-order chi connectivity index (χ0) is 13.5. The molecule has 1 N–H and O–H groups in total. The molecule has 0 amide bonds. The molecule has 0 bridgehead atoms. The van der Waals surface area contributed by atoms with Gasteiger partial charge in [0.25, 0.3) is 0 Å². The number of hydrogen-bond donors (Lipinski definition) is 1. The highest BCUT2D eigenvalue weighted by Gasteiger charge is 2.22. The van der Waals surface area contributed by atoms with E-state index in [1.165, 1.54) is 38.6 Å². The molecule has 0 aromatic rings. The molecule has 1 unspecified atom stereocenters. The maximum atomic E-state index is 3.75. The van der Waals surface area contributed by atoms with Crippen LogP contribution >= 0.6 is 0 Å². The molecule has 0 spiro atoms. The van der Waals surface area contributed by atoms with Crippen LogP contribution in [0.1, 0.15) is 59.8 Å². The first-order valence-electron chi connectivity index (χ1n) is 7.98. The van der Waals surface area contributed by atoms with Crippen LogP contribution in [0.5, 0.6) is 0 Å². The van der Waals surface area contributed by atoms with Crippen LogP contribution in [0.4, 0.5) is 0 Å². The van der Waals surface area contributed by atoms with Crippen molar-refractivity contribution in [3.05, 3.63) is 0 Å². The second-order valence-corrected chi connectivity index (χ2v) is 6.55. The molecule has 18 heavy (non-hydrogen) atoms. The largest absolute Gasteiger partial charge is 0.313 e. The average molecular weight is 254 g/mol. The molecule has 2 nitrogen and oxygen atoms in total. The van der Waals surface area contributed by atoms with Crippen molar-refractivity contribution < 1.29 is 0 Å². The Hall–Kier alpha value is -0.0800. The van der Waals surface area contributed by atoms with Crippen LogP contribution in [0.2, 0.25) is 0 Å². The maximum absolute atomic E-state index is 3.75. The molecule has 2 heteroatoms. The molecule has 1 aliphatic rings. The summed E-state index contributed by atoms with van der Waals surface area (Å²) in [5.41, 5.74) is 0. The summed E-state index contributed by atoms with van der Waals surface area (Å²) >= 11 is 0. The van der Waals surface area contributed by atoms with Gasteiger partial charge in [0.2, 0.25) is 0 Å². The van der Waals surface area contributed by atoms with Crippen LogP contribution in [0.25, 0.3) is 0 Å². The Morgan fingerprint density at radius 1 is 1.11 bits per heavy atom. The first-order chi connectivity index (χ1) is 8.54. The van der Waals surface area contributed by atoms with Gasteiger partial charge in [-0.15, -0.1) is 0 Å². The standard InChI is InChI=1S/C16H34N2/c1-6-14(4)18(5)12-11-17-16-9-7-15(8-10-16)13(2)3/h13-17H,6-12H2,1-5H3. The highest BCUT2D eigenvalue weighted by Crippen LogP contribution is 2.29. The van der Waals surface area contributed by atoms with Crippen molar-refractivity contribution in [1.82, 2.24) is 10.2 Å². The zero-order valence-electron chi connectivity index (χ0n) is 13.2. The van der Waals surface area contributed by atoms with Gasteiger partial charge < -0.3 is 10.2 Å². The van der Waals surface area contributed by atoms with Crippen molar-refractivity contribution in [2.45, 2.75) is 71.9 Å². The van der Waals surface area contributed by atoms with Crippen LogP contribution in [-0.2, 0) is 0 Å². The van der Waals surface area contributed by atoms with E-state index < -0.39 is 0 Å². The predicted octanol–water partition coefficient (Wildman–Crippen LogP) is 3.52. The van der Waals surface area contributed by atoms with Crippen LogP contribution < -0.4 is 5.32 Å². The lowest BCUT2D eigenvalue weighted by atomic mass is 9.80. The minimum Gasteiger partial charge on any atom is -0.313 e. The summed E-state index contributed by atoms with van der Waals surface area (Å²) in [7, 11) is 2.24. The Balaban J connectivity index is 2.11. The second-order valence-electron chi connectivity index (χ2n) is 6.55. The van der Waals surface area contributed by atoms with Gasteiger partial charge in [-0.1, -0.05) is 20.8 Å². The van der Waals surface area contributed by atoms with Gasteiger partial charge in [-0.25, -0.2) is 0 Å². The minimum atomic E-state index is 0.712. The Morgan fingerprint density at radius 2 is 1.72 bits per heavy atom. The lowest BCUT2D eigenvalue weighted by Crippen LogP contribution is -2.40. The number of likely N-dealkylation sites (N-methyl/N-ethyl adjacent to an activating group) is 1. The van der Waals surface area contributed by atoms with Gasteiger partial charge in [-0.05, 0) is 57.9 Å². The summed E-state index contributed by atoms with van der Waals surface area (Å²) < 4.78 is 0. The third-order valence-electron chi connectivity index (χ3n) is 4.96. The summed E-state index contributed by atoms with van der Waals surface area (Å²) in [6.45, 7) is 11.7. The molecule has 1 atom stereocenters. The van der Waals surface area contributed by atoms with Gasteiger partial charge in [0.15, 0.2) is 0 Å². The van der Waals surface area contributed by atoms with Gasteiger partial charge in [-0.3, -0.25) is 0 Å². The lowest BCUT2D eigenvalue weighted by Gasteiger charge is -2.32. The van der Waals surface area contributed by atoms with E-state index in [-0.39, 0.29) is 0 Å². The monoisotopic (exact) mass is 254 g/mol. The summed E-state index contributed by atoms with van der Waals surface area (Å²) in [6, 6.07) is 1.49. The average Bonchev–Trinajstić information content (AvgIpc) is 2.38. The fourth-order valence-electron chi connectivity index (χ4n) is 2.97. The molecule has 1 aliphatic carbocycles. The number of nitrogens with one attached hydrogen (secondary N) is 1. The van der Waals surface area contributed by atoms with Gasteiger partial charge in [0.1, 0.15) is 0 Å². The predicted molar refractivity (Wildman–Crippen MR) is 81.0 cm³/mol. The van der Waals surface area contributed by atoms with Crippen molar-refractivity contribution >= 4 is 0 Å². The first kappa shape index (κ1) is 16.0. The summed E-state index contributed by atoms with van der Waals surface area (Å²) in [5.74, 6) is 1.85. The van der Waals surface area contributed by atoms with Crippen molar-refractivity contribution in [3.8, 4) is 0 Å². The molecule has 0 saturated heterocycles. The molecule has 0 aliphatic heterocycles. The van der Waals surface area contributed by atoms with Crippen LogP contribution in [-0.4, -0.2) is 37.1 Å². The van der Waals surface area contributed by atoms with Crippen molar-refractivity contribution in [3.63, 3.8) is 0 Å². The highest BCUT2D eigenvalue weighted by molar-refractivity contribution is 4.79. The third kappa shape index (κ3) is 5.27. The SMILES string of the molecule is CCC(C)N(C)CCNC1CCC(C(C)C)CC1. The van der Waals surface area contributed by atoms with E-state index in [1.807, 2.05) is 0 Å². The fourth-order valence-corrected chi connectivity index (χ4v) is 2.97. The van der Waals surface area contributed by atoms with Crippen molar-refractivity contribution in [2.75, 3.05) is 20.1 Å². The first-order valence-corrected chi connectivity index (χ1v) is 7.98. The van der Waals surface area contributed by atoms with Crippen LogP contribution in [0, 0.1) is 11.8 Å². The van der Waals surface area contributed by atoms with Gasteiger partial charge in [0.05, 0.1) is 0 Å².